The summed E-state index contributed by atoms with van der Waals surface area (Å²) in [5, 5.41) is 23.2. The van der Waals surface area contributed by atoms with E-state index < -0.39 is 11.7 Å². The van der Waals surface area contributed by atoms with Gasteiger partial charge in [0.1, 0.15) is 12.4 Å². The lowest BCUT2D eigenvalue weighted by atomic mass is 9.91. The summed E-state index contributed by atoms with van der Waals surface area (Å²) in [7, 11) is 0. The molecule has 0 radical (unpaired) electrons. The third kappa shape index (κ3) is 5.43. The number of nitriles is 1. The molecule has 0 saturated carbocycles. The molecule has 11 nitrogen and oxygen atoms in total. The van der Waals surface area contributed by atoms with Crippen molar-refractivity contribution in [3.05, 3.63) is 48.2 Å². The van der Waals surface area contributed by atoms with Crippen LogP contribution in [0.15, 0.2) is 36.5 Å². The van der Waals surface area contributed by atoms with E-state index in [4.69, 9.17) is 19.8 Å². The molecule has 1 saturated heterocycles. The van der Waals surface area contributed by atoms with Gasteiger partial charge in [0.05, 0.1) is 48.4 Å². The fraction of sp³-hybridized carbons (Fsp3) is 0.348. The van der Waals surface area contributed by atoms with Crippen LogP contribution in [-0.2, 0) is 14.3 Å². The zero-order chi connectivity index (χ0) is 24.8. The zero-order valence-corrected chi connectivity index (χ0v) is 18.9. The van der Waals surface area contributed by atoms with E-state index >= 15 is 0 Å². The molecule has 1 fully saturated rings. The largest absolute Gasteiger partial charge is 0.395 e. The number of carbonyl (C=O) groups is 1. The number of ether oxygens (including phenoxy) is 2. The van der Waals surface area contributed by atoms with Crippen molar-refractivity contribution < 1.29 is 23.8 Å². The second kappa shape index (κ2) is 10.6. The van der Waals surface area contributed by atoms with Crippen molar-refractivity contribution in [1.82, 2.24) is 25.3 Å². The van der Waals surface area contributed by atoms with E-state index in [-0.39, 0.29) is 44.6 Å². The van der Waals surface area contributed by atoms with Crippen molar-refractivity contribution in [3.63, 3.8) is 0 Å². The summed E-state index contributed by atoms with van der Waals surface area (Å²) in [5.74, 6) is -0.0469. The van der Waals surface area contributed by atoms with Crippen LogP contribution >= 0.6 is 0 Å². The number of rotatable bonds is 8. The number of carbonyl (C=O) groups excluding carboxylic acids is 1. The molecule has 3 aromatic rings. The Balaban J connectivity index is 1.63. The van der Waals surface area contributed by atoms with E-state index in [2.05, 4.69) is 30.6 Å². The normalized spacial score (nSPS) is 19.7. The van der Waals surface area contributed by atoms with E-state index in [0.29, 0.717) is 34.4 Å². The van der Waals surface area contributed by atoms with Crippen molar-refractivity contribution >= 4 is 11.9 Å². The molecular weight excluding hydrogens is 457 g/mol. The van der Waals surface area contributed by atoms with Crippen LogP contribution in [0.4, 0.5) is 10.3 Å². The maximum Gasteiger partial charge on any atom is 0.231 e. The van der Waals surface area contributed by atoms with Crippen molar-refractivity contribution in [2.75, 3.05) is 38.2 Å². The fourth-order valence-electron chi connectivity index (χ4n) is 3.49. The van der Waals surface area contributed by atoms with Gasteiger partial charge in [-0.2, -0.15) is 5.26 Å². The molecule has 2 aromatic heterocycles. The van der Waals surface area contributed by atoms with Gasteiger partial charge >= 0.3 is 0 Å². The predicted octanol–water partition coefficient (Wildman–Crippen LogP) is 1.77. The summed E-state index contributed by atoms with van der Waals surface area (Å²) < 4.78 is 25.2. The number of hydrogen-bond acceptors (Lipinski definition) is 9. The van der Waals surface area contributed by atoms with E-state index in [9.17, 15) is 9.18 Å². The second-order valence-electron chi connectivity index (χ2n) is 8.12. The molecule has 4 rings (SSSR count). The Labute approximate surface area is 200 Å². The van der Waals surface area contributed by atoms with Crippen molar-refractivity contribution in [1.29, 1.82) is 5.26 Å². The summed E-state index contributed by atoms with van der Waals surface area (Å²) in [6.07, 6.45) is 0.684. The molecule has 0 unspecified atom stereocenters. The first-order chi connectivity index (χ1) is 16.9. The maximum atomic E-state index is 13.5. The number of imidazole rings is 1. The number of nitrogens with zero attached hydrogens (tertiary/aromatic N) is 4. The SMILES string of the molecule is CC1(C(=O)NCC#N)COC(c2nc(-c3ccc(F)cc3)c(-c3ccnc(NCCO)n3)[nH]2)OC1. The summed E-state index contributed by atoms with van der Waals surface area (Å²) >= 11 is 0. The highest BCUT2D eigenvalue weighted by molar-refractivity contribution is 5.83. The third-order valence-electron chi connectivity index (χ3n) is 5.35. The van der Waals surface area contributed by atoms with E-state index in [1.54, 1.807) is 31.3 Å². The van der Waals surface area contributed by atoms with Gasteiger partial charge in [0.15, 0.2) is 5.82 Å². The number of anilines is 1. The monoisotopic (exact) mass is 481 g/mol. The molecule has 3 heterocycles. The lowest BCUT2D eigenvalue weighted by Gasteiger charge is -2.35. The van der Waals surface area contributed by atoms with Gasteiger partial charge in [0.2, 0.25) is 18.1 Å². The van der Waals surface area contributed by atoms with Crippen LogP contribution in [0.5, 0.6) is 0 Å². The van der Waals surface area contributed by atoms with E-state index in [1.165, 1.54) is 12.1 Å². The summed E-state index contributed by atoms with van der Waals surface area (Å²) in [5.41, 5.74) is 1.23. The Morgan fingerprint density at radius 1 is 1.29 bits per heavy atom. The number of benzene rings is 1. The number of aliphatic hydroxyl groups excluding tert-OH is 1. The van der Waals surface area contributed by atoms with E-state index in [1.807, 2.05) is 6.07 Å². The van der Waals surface area contributed by atoms with Crippen LogP contribution < -0.4 is 10.6 Å². The molecule has 0 spiro atoms. The van der Waals surface area contributed by atoms with Crippen molar-refractivity contribution in [2.24, 2.45) is 5.41 Å². The Morgan fingerprint density at radius 2 is 2.03 bits per heavy atom. The van der Waals surface area contributed by atoms with Crippen LogP contribution in [0.1, 0.15) is 19.0 Å². The maximum absolute atomic E-state index is 13.5. The van der Waals surface area contributed by atoms with Crippen LogP contribution in [0.3, 0.4) is 0 Å². The first-order valence-corrected chi connectivity index (χ1v) is 10.9. The molecule has 0 atom stereocenters. The van der Waals surface area contributed by atoms with Gasteiger partial charge in [-0.05, 0) is 37.3 Å². The third-order valence-corrected chi connectivity index (χ3v) is 5.35. The van der Waals surface area contributed by atoms with Gasteiger partial charge in [-0.3, -0.25) is 4.79 Å². The number of aromatic amines is 1. The number of halogens is 1. The lowest BCUT2D eigenvalue weighted by molar-refractivity contribution is -0.230. The van der Waals surface area contributed by atoms with Gasteiger partial charge in [-0.1, -0.05) is 0 Å². The standard InChI is InChI=1S/C23H24FN7O4/c1-23(21(33)26-9-7-25)12-34-20(35-13-23)19-30-17(14-2-4-15(24)5-3-14)18(31-19)16-6-8-27-22(29-16)28-10-11-32/h2-6,8,20,32H,9-13H2,1H3,(H,26,33)(H,30,31)(H,27,28,29). The lowest BCUT2D eigenvalue weighted by Crippen LogP contribution is -2.48. The highest BCUT2D eigenvalue weighted by Gasteiger charge is 2.40. The highest BCUT2D eigenvalue weighted by Crippen LogP contribution is 2.35. The smallest absolute Gasteiger partial charge is 0.231 e. The molecule has 12 heteroatoms. The van der Waals surface area contributed by atoms with Gasteiger partial charge in [0, 0.05) is 18.3 Å². The minimum absolute atomic E-state index is 0.0551. The van der Waals surface area contributed by atoms with Crippen LogP contribution in [0.25, 0.3) is 22.6 Å². The topological polar surface area (TPSA) is 158 Å². The predicted molar refractivity (Wildman–Crippen MR) is 122 cm³/mol. The quantitative estimate of drug-likeness (QED) is 0.352. The molecule has 1 aromatic carbocycles. The average Bonchev–Trinajstić information content (AvgIpc) is 3.32. The first kappa shape index (κ1) is 24.2. The number of amides is 1. The molecule has 182 valence electrons. The van der Waals surface area contributed by atoms with Crippen LogP contribution in [-0.4, -0.2) is 63.9 Å². The van der Waals surface area contributed by atoms with Crippen molar-refractivity contribution in [2.45, 2.75) is 13.2 Å². The minimum Gasteiger partial charge on any atom is -0.395 e. The van der Waals surface area contributed by atoms with E-state index in [0.717, 1.165) is 0 Å². The first-order valence-electron chi connectivity index (χ1n) is 10.9. The molecule has 4 N–H and O–H groups in total. The van der Waals surface area contributed by atoms with Crippen molar-refractivity contribution in [3.8, 4) is 28.7 Å². The Bertz CT molecular complexity index is 1220. The second-order valence-corrected chi connectivity index (χ2v) is 8.12. The van der Waals surface area contributed by atoms with Crippen LogP contribution in [0.2, 0.25) is 0 Å². The van der Waals surface area contributed by atoms with Gasteiger partial charge < -0.3 is 30.2 Å². The Kier molecular flexibility index (Phi) is 7.31. The van der Waals surface area contributed by atoms with Gasteiger partial charge in [0.25, 0.3) is 0 Å². The number of aromatic nitrogens is 4. The summed E-state index contributed by atoms with van der Waals surface area (Å²) in [6, 6.07) is 9.43. The molecule has 0 aliphatic carbocycles. The molecule has 0 bridgehead atoms. The van der Waals surface area contributed by atoms with Gasteiger partial charge in [-0.15, -0.1) is 0 Å². The Morgan fingerprint density at radius 3 is 2.71 bits per heavy atom. The number of nitrogens with one attached hydrogen (secondary N) is 3. The number of H-pyrrole nitrogens is 1. The minimum atomic E-state index is -0.956. The molecule has 35 heavy (non-hydrogen) atoms. The summed E-state index contributed by atoms with van der Waals surface area (Å²) in [4.78, 5) is 28.8. The van der Waals surface area contributed by atoms with Gasteiger partial charge in [-0.25, -0.2) is 19.3 Å². The fourth-order valence-corrected chi connectivity index (χ4v) is 3.49. The average molecular weight is 481 g/mol. The summed E-state index contributed by atoms with van der Waals surface area (Å²) in [6.45, 7) is 1.91. The molecule has 1 aliphatic heterocycles. The number of aliphatic hydroxyl groups is 1. The highest BCUT2D eigenvalue weighted by atomic mass is 19.1. The van der Waals surface area contributed by atoms with Crippen LogP contribution in [0, 0.1) is 22.6 Å². The molecular formula is C23H24FN7O4. The zero-order valence-electron chi connectivity index (χ0n) is 18.9. The number of hydrogen-bond donors (Lipinski definition) is 4. The molecule has 1 aliphatic rings. The molecule has 1 amide bonds. The Hall–Kier alpha value is -3.92.